The average molecular weight is 304 g/mol. The number of nitrogens with zero attached hydrogens (tertiary/aromatic N) is 1. The van der Waals surface area contributed by atoms with E-state index in [9.17, 15) is 9.18 Å². The lowest BCUT2D eigenvalue weighted by Crippen LogP contribution is -2.40. The van der Waals surface area contributed by atoms with Crippen molar-refractivity contribution in [2.45, 2.75) is 51.1 Å². The number of nitrogens with two attached hydrogens (primary N) is 1. The number of benzene rings is 1. The third kappa shape index (κ3) is 3.02. The van der Waals surface area contributed by atoms with Crippen LogP contribution in [0.5, 0.6) is 0 Å². The van der Waals surface area contributed by atoms with E-state index in [1.807, 2.05) is 17.0 Å². The molecule has 0 radical (unpaired) electrons. The van der Waals surface area contributed by atoms with Crippen LogP contribution in [-0.2, 0) is 4.79 Å². The number of carbonyl (C=O) groups is 1. The summed E-state index contributed by atoms with van der Waals surface area (Å²) in [5, 5.41) is 0. The van der Waals surface area contributed by atoms with Crippen LogP contribution in [0.25, 0.3) is 0 Å². The second-order valence-electron chi connectivity index (χ2n) is 6.99. The summed E-state index contributed by atoms with van der Waals surface area (Å²) in [4.78, 5) is 14.8. The highest BCUT2D eigenvalue weighted by molar-refractivity contribution is 5.80. The Bertz CT molecular complexity index is 548. The molecule has 1 saturated heterocycles. The Morgan fingerprint density at radius 3 is 2.77 bits per heavy atom. The Morgan fingerprint density at radius 1 is 1.27 bits per heavy atom. The van der Waals surface area contributed by atoms with E-state index in [-0.39, 0.29) is 29.7 Å². The SMILES string of the molecule is CC1CC(c2ccccc2F)N(C(=O)C2CCCC(N)C2)C1. The Hall–Kier alpha value is -1.42. The zero-order valence-corrected chi connectivity index (χ0v) is 13.2. The molecule has 1 heterocycles. The van der Waals surface area contributed by atoms with Gasteiger partial charge in [0.05, 0.1) is 6.04 Å². The Balaban J connectivity index is 1.81. The third-order valence-electron chi connectivity index (χ3n) is 5.12. The van der Waals surface area contributed by atoms with E-state index in [1.54, 1.807) is 6.07 Å². The smallest absolute Gasteiger partial charge is 0.226 e. The minimum absolute atomic E-state index is 0.0170. The Morgan fingerprint density at radius 2 is 2.05 bits per heavy atom. The van der Waals surface area contributed by atoms with Crippen molar-refractivity contribution in [3.63, 3.8) is 0 Å². The molecule has 1 aromatic rings. The summed E-state index contributed by atoms with van der Waals surface area (Å²) in [5.74, 6) is 0.390. The molecule has 1 aromatic carbocycles. The van der Waals surface area contributed by atoms with E-state index in [0.717, 1.165) is 38.6 Å². The topological polar surface area (TPSA) is 46.3 Å². The lowest BCUT2D eigenvalue weighted by atomic mass is 9.85. The van der Waals surface area contributed by atoms with Crippen molar-refractivity contribution >= 4 is 5.91 Å². The number of hydrogen-bond acceptors (Lipinski definition) is 2. The minimum Gasteiger partial charge on any atom is -0.335 e. The maximum absolute atomic E-state index is 14.2. The molecule has 2 N–H and O–H groups in total. The first-order valence-corrected chi connectivity index (χ1v) is 8.36. The normalized spacial score (nSPS) is 32.2. The molecule has 1 aliphatic carbocycles. The van der Waals surface area contributed by atoms with Crippen LogP contribution in [0.15, 0.2) is 24.3 Å². The molecule has 1 aliphatic heterocycles. The highest BCUT2D eigenvalue weighted by atomic mass is 19.1. The predicted molar refractivity (Wildman–Crippen MR) is 84.6 cm³/mol. The van der Waals surface area contributed by atoms with Crippen molar-refractivity contribution in [3.8, 4) is 0 Å². The number of rotatable bonds is 2. The lowest BCUT2D eigenvalue weighted by molar-refractivity contribution is -0.137. The van der Waals surface area contributed by atoms with E-state index in [0.29, 0.717) is 11.5 Å². The molecule has 4 heteroatoms. The van der Waals surface area contributed by atoms with Gasteiger partial charge in [-0.05, 0) is 37.7 Å². The number of halogens is 1. The number of likely N-dealkylation sites (tertiary alicyclic amines) is 1. The second kappa shape index (κ2) is 6.37. The molecule has 2 fully saturated rings. The van der Waals surface area contributed by atoms with Crippen LogP contribution in [0.4, 0.5) is 4.39 Å². The van der Waals surface area contributed by atoms with Crippen LogP contribution in [0.3, 0.4) is 0 Å². The molecule has 2 aliphatic rings. The zero-order chi connectivity index (χ0) is 15.7. The molecular formula is C18H25FN2O. The van der Waals surface area contributed by atoms with Gasteiger partial charge >= 0.3 is 0 Å². The molecule has 0 bridgehead atoms. The molecule has 22 heavy (non-hydrogen) atoms. The van der Waals surface area contributed by atoms with Crippen LogP contribution in [0.2, 0.25) is 0 Å². The average Bonchev–Trinajstić information content (AvgIpc) is 2.88. The minimum atomic E-state index is -0.209. The summed E-state index contributed by atoms with van der Waals surface area (Å²) >= 11 is 0. The van der Waals surface area contributed by atoms with Gasteiger partial charge in [-0.25, -0.2) is 4.39 Å². The number of carbonyl (C=O) groups excluding carboxylic acids is 1. The maximum Gasteiger partial charge on any atom is 0.226 e. The fourth-order valence-electron chi connectivity index (χ4n) is 4.02. The van der Waals surface area contributed by atoms with Gasteiger partial charge in [-0.15, -0.1) is 0 Å². The molecule has 1 saturated carbocycles. The van der Waals surface area contributed by atoms with Crippen molar-refractivity contribution in [2.75, 3.05) is 6.54 Å². The lowest BCUT2D eigenvalue weighted by Gasteiger charge is -2.32. The summed E-state index contributed by atoms with van der Waals surface area (Å²) < 4.78 is 14.2. The van der Waals surface area contributed by atoms with E-state index < -0.39 is 0 Å². The van der Waals surface area contributed by atoms with Gasteiger partial charge in [0.25, 0.3) is 0 Å². The highest BCUT2D eigenvalue weighted by Crippen LogP contribution is 2.38. The second-order valence-corrected chi connectivity index (χ2v) is 6.99. The van der Waals surface area contributed by atoms with Crippen LogP contribution >= 0.6 is 0 Å². The van der Waals surface area contributed by atoms with Gasteiger partial charge in [0.2, 0.25) is 5.91 Å². The van der Waals surface area contributed by atoms with Crippen LogP contribution in [0, 0.1) is 17.7 Å². The highest BCUT2D eigenvalue weighted by Gasteiger charge is 2.39. The molecule has 0 spiro atoms. The quantitative estimate of drug-likeness (QED) is 0.911. The number of hydrogen-bond donors (Lipinski definition) is 1. The molecule has 0 aromatic heterocycles. The van der Waals surface area contributed by atoms with E-state index in [4.69, 9.17) is 5.73 Å². The van der Waals surface area contributed by atoms with Crippen LogP contribution in [0.1, 0.15) is 50.6 Å². The zero-order valence-electron chi connectivity index (χ0n) is 13.2. The maximum atomic E-state index is 14.2. The molecule has 4 unspecified atom stereocenters. The van der Waals surface area contributed by atoms with Gasteiger partial charge in [0, 0.05) is 24.1 Å². The molecule has 1 amide bonds. The van der Waals surface area contributed by atoms with Crippen molar-refractivity contribution in [2.24, 2.45) is 17.6 Å². The van der Waals surface area contributed by atoms with E-state index in [1.165, 1.54) is 6.07 Å². The molecule has 3 rings (SSSR count). The largest absolute Gasteiger partial charge is 0.335 e. The van der Waals surface area contributed by atoms with Gasteiger partial charge < -0.3 is 10.6 Å². The standard InChI is InChI=1S/C18H25FN2O/c1-12-9-17(15-7-2-3-8-16(15)19)21(11-12)18(22)13-5-4-6-14(20)10-13/h2-3,7-8,12-14,17H,4-6,9-11,20H2,1H3. The molecule has 4 atom stereocenters. The molecule has 120 valence electrons. The summed E-state index contributed by atoms with van der Waals surface area (Å²) in [6, 6.07) is 6.85. The Labute approximate surface area is 131 Å². The van der Waals surface area contributed by atoms with Crippen LogP contribution < -0.4 is 5.73 Å². The fourth-order valence-corrected chi connectivity index (χ4v) is 4.02. The van der Waals surface area contributed by atoms with Gasteiger partial charge in [0.1, 0.15) is 5.82 Å². The Kier molecular flexibility index (Phi) is 4.48. The van der Waals surface area contributed by atoms with Gasteiger partial charge in [-0.2, -0.15) is 0 Å². The van der Waals surface area contributed by atoms with Crippen molar-refractivity contribution in [1.29, 1.82) is 0 Å². The van der Waals surface area contributed by atoms with Gasteiger partial charge in [0.15, 0.2) is 0 Å². The first-order chi connectivity index (χ1) is 10.6. The summed E-state index contributed by atoms with van der Waals surface area (Å²) in [6.45, 7) is 2.86. The fraction of sp³-hybridized carbons (Fsp3) is 0.611. The molecule has 3 nitrogen and oxygen atoms in total. The predicted octanol–water partition coefficient (Wildman–Crippen LogP) is 3.25. The van der Waals surface area contributed by atoms with Crippen molar-refractivity contribution in [1.82, 2.24) is 4.90 Å². The summed E-state index contributed by atoms with van der Waals surface area (Å²) in [5.41, 5.74) is 6.68. The first kappa shape index (κ1) is 15.5. The van der Waals surface area contributed by atoms with Gasteiger partial charge in [-0.3, -0.25) is 4.79 Å². The summed E-state index contributed by atoms with van der Waals surface area (Å²) in [6.07, 6.45) is 4.56. The van der Waals surface area contributed by atoms with E-state index >= 15 is 0 Å². The van der Waals surface area contributed by atoms with Crippen LogP contribution in [-0.4, -0.2) is 23.4 Å². The first-order valence-electron chi connectivity index (χ1n) is 8.36. The van der Waals surface area contributed by atoms with Crippen molar-refractivity contribution in [3.05, 3.63) is 35.6 Å². The van der Waals surface area contributed by atoms with Gasteiger partial charge in [-0.1, -0.05) is 31.5 Å². The number of amides is 1. The van der Waals surface area contributed by atoms with Crippen molar-refractivity contribution < 1.29 is 9.18 Å². The molecular weight excluding hydrogens is 279 g/mol. The summed E-state index contributed by atoms with van der Waals surface area (Å²) in [7, 11) is 0. The third-order valence-corrected chi connectivity index (χ3v) is 5.12. The monoisotopic (exact) mass is 304 g/mol. The van der Waals surface area contributed by atoms with E-state index in [2.05, 4.69) is 6.92 Å².